The molecule has 0 heterocycles. The van der Waals surface area contributed by atoms with Crippen molar-refractivity contribution in [2.45, 2.75) is 12.8 Å². The van der Waals surface area contributed by atoms with Crippen molar-refractivity contribution in [3.8, 4) is 0 Å². The van der Waals surface area contributed by atoms with Crippen molar-refractivity contribution in [1.29, 1.82) is 0 Å². The molecule has 42 heavy (non-hydrogen) atoms. The molecule has 0 aromatic heterocycles. The largest absolute Gasteiger partial charge is 0.438 e. The van der Waals surface area contributed by atoms with E-state index >= 15 is 0 Å². The van der Waals surface area contributed by atoms with Crippen molar-refractivity contribution in [2.24, 2.45) is 9.98 Å². The van der Waals surface area contributed by atoms with Gasteiger partial charge < -0.3 is 30.5 Å². The number of ether oxygens (including phenoxy) is 1. The minimum absolute atomic E-state index is 0.0393. The standard InChI is InChI=1S/C22H42N4O8S8/c27-3-1-5-41-22(30)26-17-38-9-6-35-14-23-13-33-34-20-40-11-10-39-19-32-21(29)25-16-37-8-7-36-15-24-18-42(31)12-2-4-28/h13,18,27-28H,1-12,14-17,19-20H2,(H,25,29)(H,26,30)/b23-13+,24-18-. The molecule has 0 aromatic rings. The first-order chi connectivity index (χ1) is 20.6. The number of alkyl carbamates (subject to hydrolysis) is 1. The first-order valence-electron chi connectivity index (χ1n) is 12.7. The first kappa shape index (κ1) is 42.4. The van der Waals surface area contributed by atoms with E-state index in [1.54, 1.807) is 58.8 Å². The Morgan fingerprint density at radius 1 is 0.762 bits per heavy atom. The maximum atomic E-state index is 11.7. The van der Waals surface area contributed by atoms with E-state index in [-0.39, 0.29) is 24.4 Å². The first-order valence-corrected chi connectivity index (χ1v) is 22.0. The quantitative estimate of drug-likeness (QED) is 0.0209. The molecule has 0 aliphatic carbocycles. The fourth-order valence-electron chi connectivity index (χ4n) is 2.02. The van der Waals surface area contributed by atoms with Gasteiger partial charge in [-0.05, 0) is 12.8 Å². The van der Waals surface area contributed by atoms with E-state index in [2.05, 4.69) is 20.6 Å². The number of aliphatic hydroxyl groups is 2. The summed E-state index contributed by atoms with van der Waals surface area (Å²) < 4.78 is 16.6. The zero-order valence-corrected chi connectivity index (χ0v) is 29.9. The Labute approximate surface area is 281 Å². The zero-order valence-electron chi connectivity index (χ0n) is 23.4. The van der Waals surface area contributed by atoms with E-state index < -0.39 is 16.9 Å². The van der Waals surface area contributed by atoms with Gasteiger partial charge in [-0.15, -0.1) is 70.6 Å². The fraction of sp³-hybridized carbons (Fsp3) is 0.818. The molecule has 0 spiro atoms. The Hall–Kier alpha value is 0.360. The van der Waals surface area contributed by atoms with Gasteiger partial charge in [0.15, 0.2) is 0 Å². The van der Waals surface area contributed by atoms with Crippen LogP contribution in [0.4, 0.5) is 9.59 Å². The second-order valence-electron chi connectivity index (χ2n) is 7.18. The van der Waals surface area contributed by atoms with Crippen LogP contribution in [0.15, 0.2) is 9.98 Å². The number of hydrogen-bond donors (Lipinski definition) is 4. The minimum Gasteiger partial charge on any atom is -0.438 e. The van der Waals surface area contributed by atoms with Gasteiger partial charge in [0.2, 0.25) is 6.40 Å². The SMILES string of the molecule is O=C(NCSCCSC/N=C\S(=O)CCCO)OCSCCSCOO/C=N/CSCCSCNC(=O)SCCCO. The van der Waals surface area contributed by atoms with Crippen molar-refractivity contribution in [2.75, 3.05) is 94.6 Å². The van der Waals surface area contributed by atoms with E-state index in [1.807, 2.05) is 0 Å². The number of carbonyl (C=O) groups excluding carboxylic acids is 2. The predicted octanol–water partition coefficient (Wildman–Crippen LogP) is 3.82. The lowest BCUT2D eigenvalue weighted by atomic mass is 10.5. The molecule has 246 valence electrons. The van der Waals surface area contributed by atoms with Crippen LogP contribution in [0.2, 0.25) is 0 Å². The summed E-state index contributed by atoms with van der Waals surface area (Å²) in [6.07, 6.45) is 1.98. The highest BCUT2D eigenvalue weighted by atomic mass is 32.2. The van der Waals surface area contributed by atoms with Gasteiger partial charge in [0.1, 0.15) is 11.9 Å². The van der Waals surface area contributed by atoms with Crippen molar-refractivity contribution in [3.05, 3.63) is 0 Å². The Kier molecular flexibility index (Phi) is 36.1. The molecule has 0 aliphatic rings. The van der Waals surface area contributed by atoms with Gasteiger partial charge in [-0.2, -0.15) is 4.89 Å². The molecule has 0 bridgehead atoms. The molecule has 0 rings (SSSR count). The molecule has 20 heteroatoms. The van der Waals surface area contributed by atoms with E-state index in [9.17, 15) is 13.8 Å². The molecule has 0 aromatic carbocycles. The van der Waals surface area contributed by atoms with Gasteiger partial charge in [0.05, 0.1) is 39.9 Å². The summed E-state index contributed by atoms with van der Waals surface area (Å²) in [6.45, 7) is 0.144. The molecule has 4 N–H and O–H groups in total. The van der Waals surface area contributed by atoms with Gasteiger partial charge in [-0.25, -0.2) is 9.79 Å². The Morgan fingerprint density at radius 2 is 1.38 bits per heavy atom. The Bertz CT molecular complexity index is 732. The number of carbonyl (C=O) groups is 2. The van der Waals surface area contributed by atoms with Crippen LogP contribution in [-0.4, -0.2) is 132 Å². The molecular formula is C22H42N4O8S8. The number of aliphatic imine (C=N–C) groups is 2. The minimum atomic E-state index is -1.11. The molecule has 0 fully saturated rings. The number of amides is 2. The van der Waals surface area contributed by atoms with Crippen molar-refractivity contribution in [1.82, 2.24) is 10.6 Å². The maximum Gasteiger partial charge on any atom is 0.408 e. The van der Waals surface area contributed by atoms with Crippen LogP contribution < -0.4 is 10.6 Å². The van der Waals surface area contributed by atoms with E-state index in [1.165, 1.54) is 35.5 Å². The summed E-state index contributed by atoms with van der Waals surface area (Å²) in [5.74, 6) is 9.03. The zero-order chi connectivity index (χ0) is 30.8. The summed E-state index contributed by atoms with van der Waals surface area (Å²) >= 11 is 10.8. The normalized spacial score (nSPS) is 12.1. The van der Waals surface area contributed by atoms with Gasteiger partial charge in [-0.3, -0.25) is 14.0 Å². The van der Waals surface area contributed by atoms with Crippen molar-refractivity contribution < 1.29 is 38.5 Å². The lowest BCUT2D eigenvalue weighted by molar-refractivity contribution is -0.196. The third-order valence-corrected chi connectivity index (χ3v) is 11.5. The molecule has 0 saturated heterocycles. The summed E-state index contributed by atoms with van der Waals surface area (Å²) in [4.78, 5) is 41.2. The van der Waals surface area contributed by atoms with Crippen LogP contribution in [0.25, 0.3) is 0 Å². The van der Waals surface area contributed by atoms with E-state index in [4.69, 9.17) is 24.7 Å². The number of aliphatic hydroxyl groups excluding tert-OH is 2. The molecule has 0 saturated carbocycles. The van der Waals surface area contributed by atoms with E-state index in [0.717, 1.165) is 34.5 Å². The summed E-state index contributed by atoms with van der Waals surface area (Å²) in [5.41, 5.74) is 1.44. The van der Waals surface area contributed by atoms with Gasteiger partial charge in [0.25, 0.3) is 5.24 Å². The highest BCUT2D eigenvalue weighted by Crippen LogP contribution is 2.10. The molecule has 1 atom stereocenters. The van der Waals surface area contributed by atoms with Crippen LogP contribution in [0.3, 0.4) is 0 Å². The van der Waals surface area contributed by atoms with Crippen LogP contribution in [-0.2, 0) is 25.3 Å². The average Bonchev–Trinajstić information content (AvgIpc) is 2.98. The maximum absolute atomic E-state index is 11.7. The molecular weight excluding hydrogens is 705 g/mol. The average molecular weight is 747 g/mol. The number of nitrogens with one attached hydrogen (secondary N) is 2. The summed E-state index contributed by atoms with van der Waals surface area (Å²) in [7, 11) is -1.11. The predicted molar refractivity (Wildman–Crippen MR) is 190 cm³/mol. The topological polar surface area (TPSA) is 168 Å². The van der Waals surface area contributed by atoms with Crippen molar-refractivity contribution >= 4 is 116 Å². The lowest BCUT2D eigenvalue weighted by Gasteiger charge is -2.06. The Balaban J connectivity index is 3.30. The van der Waals surface area contributed by atoms with Crippen LogP contribution in [0.1, 0.15) is 12.8 Å². The summed E-state index contributed by atoms with van der Waals surface area (Å²) in [5, 5.41) is 22.8. The number of hydrogen-bond acceptors (Lipinski definition) is 17. The van der Waals surface area contributed by atoms with E-state index in [0.29, 0.717) is 53.8 Å². The number of nitrogens with zero attached hydrogens (tertiary/aromatic N) is 2. The third kappa shape index (κ3) is 34.8. The van der Waals surface area contributed by atoms with Crippen molar-refractivity contribution in [3.63, 3.8) is 0 Å². The molecule has 0 radical (unpaired) electrons. The van der Waals surface area contributed by atoms with Crippen LogP contribution >= 0.6 is 82.3 Å². The lowest BCUT2D eigenvalue weighted by Crippen LogP contribution is -2.24. The fourth-order valence-corrected chi connectivity index (χ4v) is 8.33. The third-order valence-electron chi connectivity index (χ3n) is 3.91. The highest BCUT2D eigenvalue weighted by Gasteiger charge is 2.02. The Morgan fingerprint density at radius 3 is 2.10 bits per heavy atom. The molecule has 0 aliphatic heterocycles. The highest BCUT2D eigenvalue weighted by molar-refractivity contribution is 8.13. The van der Waals surface area contributed by atoms with Crippen LogP contribution in [0.5, 0.6) is 0 Å². The summed E-state index contributed by atoms with van der Waals surface area (Å²) in [6, 6.07) is 0. The monoisotopic (exact) mass is 746 g/mol. The number of thioether (sulfide) groups is 7. The second-order valence-corrected chi connectivity index (χ2v) is 16.1. The second kappa shape index (κ2) is 35.8. The number of rotatable bonds is 30. The smallest absolute Gasteiger partial charge is 0.408 e. The molecule has 1 unspecified atom stereocenters. The molecule has 2 amide bonds. The van der Waals surface area contributed by atoms with Gasteiger partial charge in [0, 0.05) is 59.2 Å². The van der Waals surface area contributed by atoms with Crippen LogP contribution in [0, 0.1) is 0 Å². The van der Waals surface area contributed by atoms with Gasteiger partial charge >= 0.3 is 6.09 Å². The van der Waals surface area contributed by atoms with Gasteiger partial charge in [-0.1, -0.05) is 11.8 Å². The molecule has 12 nitrogen and oxygen atoms in total.